The molecule has 0 atom stereocenters. The van der Waals surface area contributed by atoms with Gasteiger partial charge in [0.2, 0.25) is 0 Å². The molecule has 2 aromatic heterocycles. The van der Waals surface area contributed by atoms with Crippen LogP contribution in [-0.2, 0) is 0 Å². The molecule has 0 radical (unpaired) electrons. The van der Waals surface area contributed by atoms with E-state index in [1.165, 1.54) is 0 Å². The second-order valence-electron chi connectivity index (χ2n) is 6.04. The highest BCUT2D eigenvalue weighted by Crippen LogP contribution is 2.40. The number of aromatic nitrogens is 2. The highest BCUT2D eigenvalue weighted by Gasteiger charge is 2.28. The summed E-state index contributed by atoms with van der Waals surface area (Å²) >= 11 is 0. The lowest BCUT2D eigenvalue weighted by molar-refractivity contribution is 0.0949. The quantitative estimate of drug-likeness (QED) is 0.718. The fraction of sp³-hybridized carbons (Fsp3) is 0.250. The van der Waals surface area contributed by atoms with Gasteiger partial charge in [-0.05, 0) is 25.0 Å². The lowest BCUT2D eigenvalue weighted by Crippen LogP contribution is -2.23. The smallest absolute Gasteiger partial charge is 0.274 e. The number of fused-ring (bicyclic) bond motifs is 1. The van der Waals surface area contributed by atoms with E-state index < -0.39 is 0 Å². The molecule has 0 spiro atoms. The Labute approximate surface area is 150 Å². The number of carbonyl (C=O) groups excluding carboxylic acids is 1. The van der Waals surface area contributed by atoms with Gasteiger partial charge < -0.3 is 14.6 Å². The number of nitrogens with one attached hydrogen (secondary N) is 1. The van der Waals surface area contributed by atoms with E-state index in [0.29, 0.717) is 17.4 Å². The van der Waals surface area contributed by atoms with E-state index in [0.717, 1.165) is 29.5 Å². The number of hydrogen-bond donors (Lipinski definition) is 1. The summed E-state index contributed by atoms with van der Waals surface area (Å²) in [6.45, 7) is 0.447. The zero-order valence-electron chi connectivity index (χ0n) is 14.1. The van der Waals surface area contributed by atoms with Crippen LogP contribution >= 0.6 is 0 Å². The zero-order chi connectivity index (χ0) is 17.8. The van der Waals surface area contributed by atoms with E-state index in [-0.39, 0.29) is 19.1 Å². The minimum Gasteiger partial charge on any atom is -0.479 e. The summed E-state index contributed by atoms with van der Waals surface area (Å²) in [5.41, 5.74) is 1.11. The first-order chi connectivity index (χ1) is 12.8. The first-order valence-electron chi connectivity index (χ1n) is 8.48. The Morgan fingerprint density at radius 3 is 3.04 bits per heavy atom. The van der Waals surface area contributed by atoms with Crippen molar-refractivity contribution in [1.29, 1.82) is 0 Å². The number of nitrogens with zero attached hydrogens (tertiary/aromatic N) is 2. The molecule has 2 heterocycles. The Bertz CT molecular complexity index is 991. The van der Waals surface area contributed by atoms with Crippen molar-refractivity contribution in [3.8, 4) is 17.6 Å². The summed E-state index contributed by atoms with van der Waals surface area (Å²) in [7, 11) is 0. The summed E-state index contributed by atoms with van der Waals surface area (Å²) < 4.78 is 10.8. The van der Waals surface area contributed by atoms with Gasteiger partial charge in [-0.3, -0.25) is 9.78 Å². The Kier molecular flexibility index (Phi) is 4.52. The van der Waals surface area contributed by atoms with Gasteiger partial charge in [-0.15, -0.1) is 0 Å². The van der Waals surface area contributed by atoms with Gasteiger partial charge in [0.1, 0.15) is 23.6 Å². The first-order valence-corrected chi connectivity index (χ1v) is 8.48. The summed E-state index contributed by atoms with van der Waals surface area (Å²) in [6, 6.07) is 11.3. The van der Waals surface area contributed by atoms with Gasteiger partial charge >= 0.3 is 0 Å². The van der Waals surface area contributed by atoms with E-state index in [1.807, 2.05) is 30.3 Å². The van der Waals surface area contributed by atoms with E-state index in [9.17, 15) is 4.79 Å². The van der Waals surface area contributed by atoms with E-state index in [4.69, 9.17) is 9.26 Å². The van der Waals surface area contributed by atoms with Crippen molar-refractivity contribution < 1.29 is 14.1 Å². The number of carbonyl (C=O) groups is 1. The van der Waals surface area contributed by atoms with Crippen molar-refractivity contribution in [3.05, 3.63) is 54.0 Å². The minimum absolute atomic E-state index is 0.224. The molecule has 0 unspecified atom stereocenters. The third kappa shape index (κ3) is 3.67. The van der Waals surface area contributed by atoms with Gasteiger partial charge in [0.05, 0.1) is 6.54 Å². The summed E-state index contributed by atoms with van der Waals surface area (Å²) in [5, 5.41) is 7.51. The van der Waals surface area contributed by atoms with Gasteiger partial charge in [-0.25, -0.2) is 0 Å². The standard InChI is InChI=1S/C20H17N3O3/c24-20(16-13-18(26-23-16)14-8-9-14)22-10-1-2-12-25-17-7-3-5-15-6-4-11-21-19(15)17/h3-7,11,13-14H,8-10,12H2,(H,22,24). The molecule has 4 rings (SSSR count). The molecular weight excluding hydrogens is 330 g/mol. The van der Waals surface area contributed by atoms with E-state index in [1.54, 1.807) is 12.3 Å². The molecule has 3 aromatic rings. The second kappa shape index (κ2) is 7.28. The second-order valence-corrected chi connectivity index (χ2v) is 6.04. The lowest BCUT2D eigenvalue weighted by atomic mass is 10.2. The van der Waals surface area contributed by atoms with Gasteiger partial charge in [0, 0.05) is 23.6 Å². The number of pyridine rings is 1. The molecule has 1 fully saturated rings. The Hall–Kier alpha value is -3.33. The molecule has 1 amide bonds. The summed E-state index contributed by atoms with van der Waals surface area (Å²) in [4.78, 5) is 16.3. The monoisotopic (exact) mass is 347 g/mol. The van der Waals surface area contributed by atoms with Crippen LogP contribution in [0.2, 0.25) is 0 Å². The van der Waals surface area contributed by atoms with Crippen LogP contribution in [0.5, 0.6) is 5.75 Å². The predicted molar refractivity (Wildman–Crippen MR) is 95.8 cm³/mol. The van der Waals surface area contributed by atoms with Gasteiger partial charge in [0.25, 0.3) is 5.91 Å². The Balaban J connectivity index is 1.26. The average molecular weight is 347 g/mol. The van der Waals surface area contributed by atoms with Crippen LogP contribution < -0.4 is 10.1 Å². The Morgan fingerprint density at radius 2 is 2.15 bits per heavy atom. The van der Waals surface area contributed by atoms with Crippen molar-refractivity contribution in [1.82, 2.24) is 15.5 Å². The van der Waals surface area contributed by atoms with Crippen LogP contribution in [0.3, 0.4) is 0 Å². The van der Waals surface area contributed by atoms with Crippen molar-refractivity contribution >= 4 is 16.8 Å². The highest BCUT2D eigenvalue weighted by atomic mass is 16.5. The van der Waals surface area contributed by atoms with Gasteiger partial charge in [-0.1, -0.05) is 35.2 Å². The maximum atomic E-state index is 12.0. The Morgan fingerprint density at radius 1 is 1.27 bits per heavy atom. The fourth-order valence-corrected chi connectivity index (χ4v) is 2.59. The van der Waals surface area contributed by atoms with Crippen molar-refractivity contribution in [2.45, 2.75) is 18.8 Å². The lowest BCUT2D eigenvalue weighted by Gasteiger charge is -2.05. The third-order valence-electron chi connectivity index (χ3n) is 4.10. The molecular formula is C20H17N3O3. The molecule has 0 aliphatic heterocycles. The molecule has 0 bridgehead atoms. The van der Waals surface area contributed by atoms with Crippen LogP contribution in [0, 0.1) is 11.8 Å². The van der Waals surface area contributed by atoms with Crippen LogP contribution in [0.15, 0.2) is 47.1 Å². The molecule has 130 valence electrons. The molecule has 1 aromatic carbocycles. The van der Waals surface area contributed by atoms with Crippen LogP contribution in [0.1, 0.15) is 35.0 Å². The average Bonchev–Trinajstić information content (AvgIpc) is 3.41. The fourth-order valence-electron chi connectivity index (χ4n) is 2.59. The number of rotatable bonds is 5. The molecule has 1 aliphatic carbocycles. The van der Waals surface area contributed by atoms with Crippen molar-refractivity contribution in [2.75, 3.05) is 13.2 Å². The number of para-hydroxylation sites is 1. The van der Waals surface area contributed by atoms with E-state index >= 15 is 0 Å². The maximum absolute atomic E-state index is 12.0. The zero-order valence-corrected chi connectivity index (χ0v) is 14.1. The van der Waals surface area contributed by atoms with Gasteiger partial charge in [0.15, 0.2) is 5.69 Å². The molecule has 6 nitrogen and oxygen atoms in total. The summed E-state index contributed by atoms with van der Waals surface area (Å²) in [6.07, 6.45) is 3.94. The number of hydrogen-bond acceptors (Lipinski definition) is 5. The summed E-state index contributed by atoms with van der Waals surface area (Å²) in [5.74, 6) is 7.37. The van der Waals surface area contributed by atoms with E-state index in [2.05, 4.69) is 27.3 Å². The SMILES string of the molecule is O=C(NCC#CCOc1cccc2cccnc12)c1cc(C2CC2)on1. The topological polar surface area (TPSA) is 77.2 Å². The normalized spacial score (nSPS) is 13.1. The highest BCUT2D eigenvalue weighted by molar-refractivity contribution is 5.92. The van der Waals surface area contributed by atoms with Crippen molar-refractivity contribution in [3.63, 3.8) is 0 Å². The van der Waals surface area contributed by atoms with Crippen LogP contribution in [0.4, 0.5) is 0 Å². The molecule has 1 aliphatic rings. The number of benzene rings is 1. The first kappa shape index (κ1) is 16.2. The minimum atomic E-state index is -0.283. The molecule has 26 heavy (non-hydrogen) atoms. The number of amides is 1. The molecule has 0 saturated heterocycles. The van der Waals surface area contributed by atoms with Gasteiger partial charge in [-0.2, -0.15) is 0 Å². The number of ether oxygens (including phenoxy) is 1. The maximum Gasteiger partial charge on any atom is 0.274 e. The molecule has 1 N–H and O–H groups in total. The predicted octanol–water partition coefficient (Wildman–Crippen LogP) is 2.91. The van der Waals surface area contributed by atoms with Crippen LogP contribution in [-0.4, -0.2) is 29.2 Å². The largest absolute Gasteiger partial charge is 0.479 e. The van der Waals surface area contributed by atoms with Crippen LogP contribution in [0.25, 0.3) is 10.9 Å². The third-order valence-corrected chi connectivity index (χ3v) is 4.10. The molecule has 6 heteroatoms. The molecule has 1 saturated carbocycles. The van der Waals surface area contributed by atoms with Crippen molar-refractivity contribution in [2.24, 2.45) is 0 Å².